The molecule has 0 heterocycles. The number of carbonyl (C=O) groups excluding carboxylic acids is 2. The fourth-order valence-electron chi connectivity index (χ4n) is 1.40. The maximum Gasteiger partial charge on any atom is 0.407 e. The van der Waals surface area contributed by atoms with Gasteiger partial charge in [-0.25, -0.2) is 4.79 Å². The van der Waals surface area contributed by atoms with Crippen molar-refractivity contribution in [2.75, 3.05) is 7.11 Å². The summed E-state index contributed by atoms with van der Waals surface area (Å²) in [6.07, 6.45) is 0.0494. The average molecular weight is 245 g/mol. The molecule has 1 N–H and O–H groups in total. The standard InChI is InChI=1S/C12H23NO4/c1-8(10(14)16-6)7-9(2)13-11(15)17-12(3,4)5/h8-9H,7H2,1-6H3,(H,13,15). The number of rotatable bonds is 4. The third-order valence-corrected chi connectivity index (χ3v) is 2.07. The first-order valence-electron chi connectivity index (χ1n) is 5.73. The van der Waals surface area contributed by atoms with Crippen LogP contribution in [0.1, 0.15) is 41.0 Å². The van der Waals surface area contributed by atoms with E-state index in [0.717, 1.165) is 0 Å². The van der Waals surface area contributed by atoms with Crippen LogP contribution in [-0.2, 0) is 14.3 Å². The Morgan fingerprint density at radius 2 is 1.76 bits per heavy atom. The highest BCUT2D eigenvalue weighted by atomic mass is 16.6. The lowest BCUT2D eigenvalue weighted by molar-refractivity contribution is -0.145. The van der Waals surface area contributed by atoms with Crippen molar-refractivity contribution in [1.82, 2.24) is 5.32 Å². The number of amides is 1. The molecular formula is C12H23NO4. The normalized spacial score (nSPS) is 14.7. The number of hydrogen-bond acceptors (Lipinski definition) is 4. The van der Waals surface area contributed by atoms with Gasteiger partial charge in [0.25, 0.3) is 0 Å². The van der Waals surface area contributed by atoms with E-state index < -0.39 is 11.7 Å². The van der Waals surface area contributed by atoms with E-state index in [2.05, 4.69) is 10.1 Å². The lowest BCUT2D eigenvalue weighted by Gasteiger charge is -2.22. The first-order valence-corrected chi connectivity index (χ1v) is 5.73. The summed E-state index contributed by atoms with van der Waals surface area (Å²) in [5.74, 6) is -0.521. The summed E-state index contributed by atoms with van der Waals surface area (Å²) in [4.78, 5) is 22.6. The van der Waals surface area contributed by atoms with E-state index in [1.165, 1.54) is 7.11 Å². The summed E-state index contributed by atoms with van der Waals surface area (Å²) < 4.78 is 9.73. The number of hydrogen-bond donors (Lipinski definition) is 1. The summed E-state index contributed by atoms with van der Waals surface area (Å²) in [5, 5.41) is 2.68. The van der Waals surface area contributed by atoms with Crippen molar-refractivity contribution in [3.63, 3.8) is 0 Å². The minimum absolute atomic E-state index is 0.140. The van der Waals surface area contributed by atoms with Gasteiger partial charge in [-0.3, -0.25) is 4.79 Å². The highest BCUT2D eigenvalue weighted by Gasteiger charge is 2.21. The molecule has 0 aromatic rings. The maximum atomic E-state index is 11.4. The molecule has 1 amide bonds. The van der Waals surface area contributed by atoms with Crippen molar-refractivity contribution in [1.29, 1.82) is 0 Å². The quantitative estimate of drug-likeness (QED) is 0.770. The Balaban J connectivity index is 4.06. The molecule has 100 valence electrons. The molecule has 5 heteroatoms. The molecular weight excluding hydrogens is 222 g/mol. The molecule has 2 atom stereocenters. The largest absolute Gasteiger partial charge is 0.469 e. The Kier molecular flexibility index (Phi) is 5.99. The second-order valence-corrected chi connectivity index (χ2v) is 5.21. The van der Waals surface area contributed by atoms with Crippen LogP contribution in [0.2, 0.25) is 0 Å². The number of esters is 1. The van der Waals surface area contributed by atoms with E-state index >= 15 is 0 Å². The molecule has 0 aliphatic rings. The zero-order valence-corrected chi connectivity index (χ0v) is 11.5. The fraction of sp³-hybridized carbons (Fsp3) is 0.833. The number of carbonyl (C=O) groups is 2. The summed E-state index contributed by atoms with van der Waals surface area (Å²) in [6, 6.07) is -0.140. The van der Waals surface area contributed by atoms with Crippen LogP contribution < -0.4 is 5.32 Å². The van der Waals surface area contributed by atoms with Crippen molar-refractivity contribution < 1.29 is 19.1 Å². The Morgan fingerprint density at radius 3 is 2.18 bits per heavy atom. The minimum Gasteiger partial charge on any atom is -0.469 e. The van der Waals surface area contributed by atoms with Gasteiger partial charge in [-0.2, -0.15) is 0 Å². The highest BCUT2D eigenvalue weighted by molar-refractivity contribution is 5.72. The lowest BCUT2D eigenvalue weighted by Crippen LogP contribution is -2.39. The van der Waals surface area contributed by atoms with Gasteiger partial charge in [-0.05, 0) is 34.1 Å². The molecule has 0 radical (unpaired) electrons. The smallest absolute Gasteiger partial charge is 0.407 e. The summed E-state index contributed by atoms with van der Waals surface area (Å²) in [5.41, 5.74) is -0.516. The Morgan fingerprint density at radius 1 is 1.24 bits per heavy atom. The highest BCUT2D eigenvalue weighted by Crippen LogP contribution is 2.10. The van der Waals surface area contributed by atoms with Crippen molar-refractivity contribution in [3.8, 4) is 0 Å². The third kappa shape index (κ3) is 7.60. The zero-order valence-electron chi connectivity index (χ0n) is 11.5. The van der Waals surface area contributed by atoms with Gasteiger partial charge in [-0.15, -0.1) is 0 Å². The molecule has 17 heavy (non-hydrogen) atoms. The fourth-order valence-corrected chi connectivity index (χ4v) is 1.40. The van der Waals surface area contributed by atoms with Crippen LogP contribution >= 0.6 is 0 Å². The van der Waals surface area contributed by atoms with Crippen LogP contribution in [-0.4, -0.2) is 30.8 Å². The predicted molar refractivity (Wildman–Crippen MR) is 64.6 cm³/mol. The van der Waals surface area contributed by atoms with Crippen LogP contribution in [0.25, 0.3) is 0 Å². The van der Waals surface area contributed by atoms with E-state index in [1.54, 1.807) is 27.7 Å². The van der Waals surface area contributed by atoms with Gasteiger partial charge in [0, 0.05) is 6.04 Å². The molecule has 2 unspecified atom stereocenters. The van der Waals surface area contributed by atoms with E-state index in [9.17, 15) is 9.59 Å². The van der Waals surface area contributed by atoms with Gasteiger partial charge in [0.15, 0.2) is 0 Å². The van der Waals surface area contributed by atoms with Gasteiger partial charge in [-0.1, -0.05) is 6.92 Å². The van der Waals surface area contributed by atoms with Gasteiger partial charge in [0.2, 0.25) is 0 Å². The number of ether oxygens (including phenoxy) is 2. The van der Waals surface area contributed by atoms with Crippen LogP contribution in [0.4, 0.5) is 4.79 Å². The number of alkyl carbamates (subject to hydrolysis) is 1. The van der Waals surface area contributed by atoms with Crippen molar-refractivity contribution in [2.24, 2.45) is 5.92 Å². The molecule has 0 fully saturated rings. The number of nitrogens with one attached hydrogen (secondary N) is 1. The van der Waals surface area contributed by atoms with Crippen LogP contribution in [0, 0.1) is 5.92 Å². The minimum atomic E-state index is -0.516. The van der Waals surface area contributed by atoms with Crippen molar-refractivity contribution in [3.05, 3.63) is 0 Å². The molecule has 0 aliphatic carbocycles. The van der Waals surface area contributed by atoms with E-state index in [0.29, 0.717) is 6.42 Å². The first-order chi connectivity index (χ1) is 7.65. The molecule has 5 nitrogen and oxygen atoms in total. The van der Waals surface area contributed by atoms with E-state index in [-0.39, 0.29) is 17.9 Å². The van der Waals surface area contributed by atoms with Crippen LogP contribution in [0.5, 0.6) is 0 Å². The molecule has 0 saturated heterocycles. The summed E-state index contributed by atoms with van der Waals surface area (Å²) >= 11 is 0. The number of methoxy groups -OCH3 is 1. The second-order valence-electron chi connectivity index (χ2n) is 5.21. The van der Waals surface area contributed by atoms with Crippen molar-refractivity contribution >= 4 is 12.1 Å². The topological polar surface area (TPSA) is 64.6 Å². The molecule has 0 saturated carbocycles. The third-order valence-electron chi connectivity index (χ3n) is 2.07. The lowest BCUT2D eigenvalue weighted by atomic mass is 10.0. The van der Waals surface area contributed by atoms with Crippen LogP contribution in [0.15, 0.2) is 0 Å². The molecule has 0 aromatic heterocycles. The summed E-state index contributed by atoms with van der Waals surface area (Å²) in [6.45, 7) is 8.99. The Hall–Kier alpha value is -1.26. The molecule has 0 spiro atoms. The SMILES string of the molecule is COC(=O)C(C)CC(C)NC(=O)OC(C)(C)C. The van der Waals surface area contributed by atoms with Gasteiger partial charge >= 0.3 is 12.1 Å². The Bertz CT molecular complexity index is 270. The predicted octanol–water partition coefficient (Wildman–Crippen LogP) is 2.10. The van der Waals surface area contributed by atoms with Gasteiger partial charge in [0.05, 0.1) is 13.0 Å². The second kappa shape index (κ2) is 6.47. The van der Waals surface area contributed by atoms with Crippen molar-refractivity contribution in [2.45, 2.75) is 52.7 Å². The first kappa shape index (κ1) is 15.7. The van der Waals surface area contributed by atoms with E-state index in [4.69, 9.17) is 4.74 Å². The Labute approximate surface area is 103 Å². The van der Waals surface area contributed by atoms with E-state index in [1.807, 2.05) is 6.92 Å². The maximum absolute atomic E-state index is 11.4. The molecule has 0 aliphatic heterocycles. The van der Waals surface area contributed by atoms with Gasteiger partial charge in [0.1, 0.15) is 5.60 Å². The summed E-state index contributed by atoms with van der Waals surface area (Å²) in [7, 11) is 1.35. The zero-order chi connectivity index (χ0) is 13.6. The average Bonchev–Trinajstić information content (AvgIpc) is 2.12. The monoisotopic (exact) mass is 245 g/mol. The van der Waals surface area contributed by atoms with Gasteiger partial charge < -0.3 is 14.8 Å². The van der Waals surface area contributed by atoms with Crippen LogP contribution in [0.3, 0.4) is 0 Å². The molecule has 0 rings (SSSR count). The molecule has 0 aromatic carbocycles. The molecule has 0 bridgehead atoms.